The predicted octanol–water partition coefficient (Wildman–Crippen LogP) is 8.34. The fraction of sp³-hybridized carbons (Fsp3) is 0.300. The van der Waals surface area contributed by atoms with Crippen LogP contribution in [0.15, 0.2) is 66.9 Å². The van der Waals surface area contributed by atoms with Gasteiger partial charge in [0.2, 0.25) is 0 Å². The van der Waals surface area contributed by atoms with Crippen LogP contribution in [0.2, 0.25) is 0 Å². The van der Waals surface area contributed by atoms with Gasteiger partial charge < -0.3 is 0 Å². The first-order valence-corrected chi connectivity index (χ1v) is 11.4. The molecule has 1 aromatic heterocycles. The Morgan fingerprint density at radius 3 is 2.19 bits per heavy atom. The van der Waals surface area contributed by atoms with E-state index >= 15 is 0 Å². The van der Waals surface area contributed by atoms with Crippen LogP contribution in [0.3, 0.4) is 0 Å². The van der Waals surface area contributed by atoms with E-state index in [1.165, 1.54) is 49.7 Å². The van der Waals surface area contributed by atoms with Gasteiger partial charge in [-0.25, -0.2) is 0 Å². The van der Waals surface area contributed by atoms with Crippen LogP contribution in [0.5, 0.6) is 0 Å². The molecule has 1 heteroatoms. The summed E-state index contributed by atoms with van der Waals surface area (Å²) >= 11 is 0. The molecule has 0 aliphatic heterocycles. The first kappa shape index (κ1) is 20.0. The highest BCUT2D eigenvalue weighted by Crippen LogP contribution is 2.47. The maximum absolute atomic E-state index is 4.90. The Bertz CT molecular complexity index is 1290. The largest absolute Gasteiger partial charge is 0.256 e. The van der Waals surface area contributed by atoms with Crippen LogP contribution in [-0.2, 0) is 12.8 Å². The SMILES string of the molecule is CC(C)Cc1ccc2c(c1)-c1ccccc1-c1nccc3cc(CC(C)(C)C)cc-2c13. The molecule has 5 rings (SSSR count). The summed E-state index contributed by atoms with van der Waals surface area (Å²) in [6.45, 7) is 11.5. The molecule has 0 atom stereocenters. The van der Waals surface area contributed by atoms with E-state index in [1.807, 2.05) is 6.20 Å². The zero-order valence-electron chi connectivity index (χ0n) is 19.3. The molecule has 1 heterocycles. The minimum Gasteiger partial charge on any atom is -0.256 e. The molecule has 0 amide bonds. The lowest BCUT2D eigenvalue weighted by Gasteiger charge is -2.20. The van der Waals surface area contributed by atoms with E-state index < -0.39 is 0 Å². The molecule has 1 nitrogen and oxygen atoms in total. The third-order valence-corrected chi connectivity index (χ3v) is 6.15. The second-order valence-corrected chi connectivity index (χ2v) is 10.7. The minimum absolute atomic E-state index is 0.244. The average molecular weight is 406 g/mol. The number of hydrogen-bond acceptors (Lipinski definition) is 1. The lowest BCUT2D eigenvalue weighted by Crippen LogP contribution is -2.09. The molecule has 156 valence electrons. The molecule has 0 radical (unpaired) electrons. The van der Waals surface area contributed by atoms with E-state index in [2.05, 4.69) is 95.3 Å². The van der Waals surface area contributed by atoms with Gasteiger partial charge in [0, 0.05) is 17.1 Å². The van der Waals surface area contributed by atoms with Gasteiger partial charge in [-0.3, -0.25) is 4.98 Å². The second-order valence-electron chi connectivity index (χ2n) is 10.7. The van der Waals surface area contributed by atoms with Gasteiger partial charge in [-0.2, -0.15) is 0 Å². The molecule has 1 aliphatic rings. The van der Waals surface area contributed by atoms with Crippen molar-refractivity contribution in [2.24, 2.45) is 11.3 Å². The molecule has 1 aliphatic carbocycles. The van der Waals surface area contributed by atoms with Crippen LogP contribution in [0.25, 0.3) is 44.3 Å². The molecule has 0 bridgehead atoms. The quantitative estimate of drug-likeness (QED) is 0.294. The van der Waals surface area contributed by atoms with Crippen molar-refractivity contribution in [3.05, 3.63) is 78.0 Å². The zero-order chi connectivity index (χ0) is 21.8. The molecule has 31 heavy (non-hydrogen) atoms. The highest BCUT2D eigenvalue weighted by atomic mass is 14.7. The van der Waals surface area contributed by atoms with Gasteiger partial charge in [-0.1, -0.05) is 89.2 Å². The van der Waals surface area contributed by atoms with E-state index in [4.69, 9.17) is 4.98 Å². The topological polar surface area (TPSA) is 12.9 Å². The highest BCUT2D eigenvalue weighted by molar-refractivity contribution is 6.12. The Hall–Kier alpha value is -2.93. The first-order chi connectivity index (χ1) is 14.8. The fourth-order valence-electron chi connectivity index (χ4n) is 5.08. The Balaban J connectivity index is 1.86. The van der Waals surface area contributed by atoms with E-state index in [1.54, 1.807) is 0 Å². The standard InChI is InChI=1S/C30H31N/c1-19(2)14-20-10-11-24-26(16-20)23-8-6-7-9-25(23)29-28-22(12-13-31-29)15-21(17-27(24)28)18-30(3,4)5/h6-13,15-17,19H,14,18H2,1-5H3. The summed E-state index contributed by atoms with van der Waals surface area (Å²) in [6.07, 6.45) is 4.13. The van der Waals surface area contributed by atoms with Crippen molar-refractivity contribution in [1.82, 2.24) is 4.98 Å². The lowest BCUT2D eigenvalue weighted by molar-refractivity contribution is 0.411. The number of fused-ring (bicyclic) bond motifs is 5. The van der Waals surface area contributed by atoms with Crippen LogP contribution in [-0.4, -0.2) is 4.98 Å². The van der Waals surface area contributed by atoms with Crippen molar-refractivity contribution in [3.63, 3.8) is 0 Å². The second kappa shape index (κ2) is 7.34. The van der Waals surface area contributed by atoms with Crippen molar-refractivity contribution < 1.29 is 0 Å². The third-order valence-electron chi connectivity index (χ3n) is 6.15. The van der Waals surface area contributed by atoms with E-state index in [9.17, 15) is 0 Å². The molecule has 0 saturated heterocycles. The van der Waals surface area contributed by atoms with Gasteiger partial charge in [0.25, 0.3) is 0 Å². The lowest BCUT2D eigenvalue weighted by atomic mass is 9.85. The van der Waals surface area contributed by atoms with E-state index in [0.29, 0.717) is 5.92 Å². The molecule has 4 aromatic rings. The van der Waals surface area contributed by atoms with Crippen molar-refractivity contribution in [1.29, 1.82) is 0 Å². The number of pyridine rings is 1. The highest BCUT2D eigenvalue weighted by Gasteiger charge is 2.24. The van der Waals surface area contributed by atoms with Crippen molar-refractivity contribution in [2.45, 2.75) is 47.5 Å². The Morgan fingerprint density at radius 1 is 0.742 bits per heavy atom. The van der Waals surface area contributed by atoms with Crippen LogP contribution < -0.4 is 0 Å². The molecule has 3 aromatic carbocycles. The van der Waals surface area contributed by atoms with Crippen molar-refractivity contribution in [3.8, 4) is 33.5 Å². The van der Waals surface area contributed by atoms with Crippen LogP contribution >= 0.6 is 0 Å². The number of hydrogen-bond donors (Lipinski definition) is 0. The number of benzene rings is 3. The monoisotopic (exact) mass is 405 g/mol. The van der Waals surface area contributed by atoms with E-state index in [0.717, 1.165) is 18.5 Å². The molecular formula is C30H31N. The van der Waals surface area contributed by atoms with Gasteiger partial charge in [0.05, 0.1) is 5.69 Å². The van der Waals surface area contributed by atoms with Crippen molar-refractivity contribution in [2.75, 3.05) is 0 Å². The minimum atomic E-state index is 0.244. The zero-order valence-corrected chi connectivity index (χ0v) is 19.3. The van der Waals surface area contributed by atoms with Gasteiger partial charge >= 0.3 is 0 Å². The Morgan fingerprint density at radius 2 is 1.45 bits per heavy atom. The fourth-order valence-corrected chi connectivity index (χ4v) is 5.08. The molecular weight excluding hydrogens is 374 g/mol. The summed E-state index contributed by atoms with van der Waals surface area (Å²) in [5, 5.41) is 2.57. The summed E-state index contributed by atoms with van der Waals surface area (Å²) in [6, 6.07) is 22.8. The van der Waals surface area contributed by atoms with Crippen LogP contribution in [0.4, 0.5) is 0 Å². The summed E-state index contributed by atoms with van der Waals surface area (Å²) in [7, 11) is 0. The maximum Gasteiger partial charge on any atom is 0.0792 e. The molecule has 0 N–H and O–H groups in total. The van der Waals surface area contributed by atoms with Gasteiger partial charge in [-0.15, -0.1) is 0 Å². The first-order valence-electron chi connectivity index (χ1n) is 11.4. The van der Waals surface area contributed by atoms with Crippen molar-refractivity contribution >= 4 is 10.8 Å². The maximum atomic E-state index is 4.90. The van der Waals surface area contributed by atoms with Gasteiger partial charge in [0.1, 0.15) is 0 Å². The summed E-state index contributed by atoms with van der Waals surface area (Å²) in [4.78, 5) is 4.90. The Kier molecular flexibility index (Phi) is 4.73. The molecule has 0 spiro atoms. The Labute approximate surface area is 186 Å². The summed E-state index contributed by atoms with van der Waals surface area (Å²) in [5.74, 6) is 0.639. The third kappa shape index (κ3) is 3.67. The van der Waals surface area contributed by atoms with Crippen LogP contribution in [0.1, 0.15) is 45.7 Å². The number of aromatic nitrogens is 1. The van der Waals surface area contributed by atoms with Crippen LogP contribution in [0, 0.1) is 11.3 Å². The normalized spacial score (nSPS) is 12.6. The molecule has 0 unspecified atom stereocenters. The van der Waals surface area contributed by atoms with E-state index in [-0.39, 0.29) is 5.41 Å². The van der Waals surface area contributed by atoms with Gasteiger partial charge in [0.15, 0.2) is 0 Å². The average Bonchev–Trinajstić information content (AvgIpc) is 2.81. The number of rotatable bonds is 3. The summed E-state index contributed by atoms with van der Waals surface area (Å²) < 4.78 is 0. The smallest absolute Gasteiger partial charge is 0.0792 e. The molecule has 0 saturated carbocycles. The predicted molar refractivity (Wildman–Crippen MR) is 133 cm³/mol. The summed E-state index contributed by atoms with van der Waals surface area (Å²) in [5.41, 5.74) is 10.7. The molecule has 0 fully saturated rings. The van der Waals surface area contributed by atoms with Gasteiger partial charge in [-0.05, 0) is 69.0 Å². The number of nitrogens with zero attached hydrogens (tertiary/aromatic N) is 1.